The molecular weight excluding hydrogens is 526 g/mol. The molecule has 0 aliphatic heterocycles. The highest BCUT2D eigenvalue weighted by Gasteiger charge is 2.19. The third-order valence-corrected chi connectivity index (χ3v) is 8.46. The Balaban J connectivity index is 1.18. The third kappa shape index (κ3) is 3.75. The van der Waals surface area contributed by atoms with Crippen LogP contribution in [0.25, 0.3) is 65.8 Å². The van der Waals surface area contributed by atoms with E-state index in [4.69, 9.17) is 8.83 Å². The summed E-state index contributed by atoms with van der Waals surface area (Å²) in [5.41, 5.74) is 9.05. The van der Waals surface area contributed by atoms with E-state index in [9.17, 15) is 0 Å². The standard InChI is InChI=1S/C40H25NO2/c1-2-9-29(10-3-1)41(36-14-8-13-33-31-11-4-7-16-38(31)43-40(33)36)30-22-19-26(20-23-30)28-18-17-27-21-24-34-32-12-5-6-15-37(32)42-39(34)35(27)25-28/h1-25H. The zero-order chi connectivity index (χ0) is 28.3. The van der Waals surface area contributed by atoms with Gasteiger partial charge in [0.25, 0.3) is 0 Å². The number of hydrogen-bond donors (Lipinski definition) is 0. The Morgan fingerprint density at radius 1 is 0.372 bits per heavy atom. The van der Waals surface area contributed by atoms with E-state index >= 15 is 0 Å². The Kier molecular flexibility index (Phi) is 5.20. The predicted molar refractivity (Wildman–Crippen MR) is 179 cm³/mol. The van der Waals surface area contributed by atoms with Crippen LogP contribution in [-0.2, 0) is 0 Å². The lowest BCUT2D eigenvalue weighted by Gasteiger charge is -2.25. The summed E-state index contributed by atoms with van der Waals surface area (Å²) in [6, 6.07) is 53.1. The van der Waals surface area contributed by atoms with E-state index in [1.807, 2.05) is 30.3 Å². The highest BCUT2D eigenvalue weighted by molar-refractivity contribution is 6.15. The van der Waals surface area contributed by atoms with Crippen LogP contribution in [0.3, 0.4) is 0 Å². The summed E-state index contributed by atoms with van der Waals surface area (Å²) >= 11 is 0. The van der Waals surface area contributed by atoms with Crippen LogP contribution in [0, 0.1) is 0 Å². The smallest absolute Gasteiger partial charge is 0.159 e. The fourth-order valence-corrected chi connectivity index (χ4v) is 6.40. The summed E-state index contributed by atoms with van der Waals surface area (Å²) in [4.78, 5) is 2.27. The topological polar surface area (TPSA) is 29.5 Å². The number of nitrogens with zero attached hydrogens (tertiary/aromatic N) is 1. The van der Waals surface area contributed by atoms with Crippen LogP contribution in [0.15, 0.2) is 160 Å². The van der Waals surface area contributed by atoms with E-state index in [-0.39, 0.29) is 0 Å². The summed E-state index contributed by atoms with van der Waals surface area (Å²) in [7, 11) is 0. The molecule has 0 fully saturated rings. The Labute approximate surface area is 247 Å². The van der Waals surface area contributed by atoms with E-state index in [1.54, 1.807) is 0 Å². The third-order valence-electron chi connectivity index (χ3n) is 8.46. The second-order valence-corrected chi connectivity index (χ2v) is 10.9. The van der Waals surface area contributed by atoms with Crippen molar-refractivity contribution in [3.05, 3.63) is 152 Å². The Hall–Kier alpha value is -5.80. The molecular formula is C40H25NO2. The number of anilines is 3. The molecule has 9 rings (SSSR count). The molecule has 0 unspecified atom stereocenters. The van der Waals surface area contributed by atoms with Crippen molar-refractivity contribution in [3.63, 3.8) is 0 Å². The van der Waals surface area contributed by atoms with Gasteiger partial charge in [-0.2, -0.15) is 0 Å². The van der Waals surface area contributed by atoms with Crippen LogP contribution < -0.4 is 4.90 Å². The first-order valence-electron chi connectivity index (χ1n) is 14.5. The van der Waals surface area contributed by atoms with Crippen LogP contribution >= 0.6 is 0 Å². The van der Waals surface area contributed by atoms with E-state index in [1.165, 1.54) is 5.39 Å². The van der Waals surface area contributed by atoms with Gasteiger partial charge in [-0.15, -0.1) is 0 Å². The first-order chi connectivity index (χ1) is 21.3. The van der Waals surface area contributed by atoms with Gasteiger partial charge in [0.15, 0.2) is 5.58 Å². The Morgan fingerprint density at radius 2 is 0.953 bits per heavy atom. The van der Waals surface area contributed by atoms with Gasteiger partial charge in [0.2, 0.25) is 0 Å². The minimum absolute atomic E-state index is 0.876. The largest absolute Gasteiger partial charge is 0.455 e. The first kappa shape index (κ1) is 23.9. The molecule has 0 bridgehead atoms. The number of benzene rings is 7. The lowest BCUT2D eigenvalue weighted by molar-refractivity contribution is 0.669. The molecule has 0 saturated heterocycles. The van der Waals surface area contributed by atoms with Crippen LogP contribution in [0.5, 0.6) is 0 Å². The van der Waals surface area contributed by atoms with Gasteiger partial charge in [-0.25, -0.2) is 0 Å². The minimum atomic E-state index is 0.876. The molecule has 0 aliphatic rings. The molecule has 9 aromatic rings. The van der Waals surface area contributed by atoms with Crippen molar-refractivity contribution in [2.45, 2.75) is 0 Å². The Bertz CT molecular complexity index is 2450. The Morgan fingerprint density at radius 3 is 1.72 bits per heavy atom. The fourth-order valence-electron chi connectivity index (χ4n) is 6.40. The molecule has 3 heteroatoms. The second kappa shape index (κ2) is 9.37. The van der Waals surface area contributed by atoms with Crippen molar-refractivity contribution in [1.82, 2.24) is 0 Å². The number of rotatable bonds is 4. The highest BCUT2D eigenvalue weighted by atomic mass is 16.3. The van der Waals surface area contributed by atoms with Crippen LogP contribution in [0.1, 0.15) is 0 Å². The maximum atomic E-state index is 6.45. The maximum Gasteiger partial charge on any atom is 0.159 e. The molecule has 2 aromatic heterocycles. The quantitative estimate of drug-likeness (QED) is 0.218. The SMILES string of the molecule is c1ccc(N(c2ccc(-c3ccc4ccc5c6ccccc6oc5c4c3)cc2)c2cccc3c2oc2ccccc23)cc1. The highest BCUT2D eigenvalue weighted by Crippen LogP contribution is 2.42. The lowest BCUT2D eigenvalue weighted by Crippen LogP contribution is -2.10. The summed E-state index contributed by atoms with van der Waals surface area (Å²) in [6.07, 6.45) is 0. The molecule has 0 spiro atoms. The molecule has 202 valence electrons. The lowest BCUT2D eigenvalue weighted by atomic mass is 9.99. The fraction of sp³-hybridized carbons (Fsp3) is 0. The average molecular weight is 552 g/mol. The van der Waals surface area contributed by atoms with E-state index in [2.05, 4.69) is 126 Å². The van der Waals surface area contributed by atoms with Gasteiger partial charge in [-0.3, -0.25) is 0 Å². The van der Waals surface area contributed by atoms with Crippen molar-refractivity contribution in [2.24, 2.45) is 0 Å². The molecule has 0 amide bonds. The van der Waals surface area contributed by atoms with Gasteiger partial charge in [-0.1, -0.05) is 97.1 Å². The van der Waals surface area contributed by atoms with Gasteiger partial charge in [0.1, 0.15) is 16.7 Å². The number of fused-ring (bicyclic) bond motifs is 8. The number of hydrogen-bond acceptors (Lipinski definition) is 3. The predicted octanol–water partition coefficient (Wildman–Crippen LogP) is 11.8. The van der Waals surface area contributed by atoms with Gasteiger partial charge in [0, 0.05) is 38.3 Å². The normalized spacial score (nSPS) is 11.7. The summed E-state index contributed by atoms with van der Waals surface area (Å²) in [5.74, 6) is 0. The van der Waals surface area contributed by atoms with Crippen molar-refractivity contribution in [1.29, 1.82) is 0 Å². The molecule has 0 radical (unpaired) electrons. The number of para-hydroxylation sites is 4. The van der Waals surface area contributed by atoms with Gasteiger partial charge in [-0.05, 0) is 71.1 Å². The molecule has 43 heavy (non-hydrogen) atoms. The van der Waals surface area contributed by atoms with E-state index < -0.39 is 0 Å². The van der Waals surface area contributed by atoms with Crippen molar-refractivity contribution < 1.29 is 8.83 Å². The van der Waals surface area contributed by atoms with Crippen molar-refractivity contribution in [2.75, 3.05) is 4.90 Å². The van der Waals surface area contributed by atoms with Gasteiger partial charge < -0.3 is 13.7 Å². The van der Waals surface area contributed by atoms with Crippen LogP contribution in [0.4, 0.5) is 17.1 Å². The van der Waals surface area contributed by atoms with E-state index in [0.717, 1.165) is 77.5 Å². The van der Waals surface area contributed by atoms with Crippen LogP contribution in [0.2, 0.25) is 0 Å². The van der Waals surface area contributed by atoms with Gasteiger partial charge in [0.05, 0.1) is 5.69 Å². The second-order valence-electron chi connectivity index (χ2n) is 10.9. The zero-order valence-corrected chi connectivity index (χ0v) is 23.2. The molecule has 0 aliphatic carbocycles. The van der Waals surface area contributed by atoms with Crippen molar-refractivity contribution in [3.8, 4) is 11.1 Å². The summed E-state index contributed by atoms with van der Waals surface area (Å²) in [5, 5.41) is 6.82. The molecule has 2 heterocycles. The first-order valence-corrected chi connectivity index (χ1v) is 14.5. The average Bonchev–Trinajstić information content (AvgIpc) is 3.65. The minimum Gasteiger partial charge on any atom is -0.455 e. The molecule has 0 N–H and O–H groups in total. The van der Waals surface area contributed by atoms with Crippen molar-refractivity contribution >= 4 is 71.7 Å². The molecule has 7 aromatic carbocycles. The zero-order valence-electron chi connectivity index (χ0n) is 23.2. The molecule has 0 saturated carbocycles. The monoisotopic (exact) mass is 551 g/mol. The summed E-state index contributed by atoms with van der Waals surface area (Å²) < 4.78 is 12.8. The van der Waals surface area contributed by atoms with E-state index in [0.29, 0.717) is 0 Å². The summed E-state index contributed by atoms with van der Waals surface area (Å²) in [6.45, 7) is 0. The van der Waals surface area contributed by atoms with Gasteiger partial charge >= 0.3 is 0 Å². The van der Waals surface area contributed by atoms with Crippen LogP contribution in [-0.4, -0.2) is 0 Å². The maximum absolute atomic E-state index is 6.45. The molecule has 0 atom stereocenters. The molecule has 3 nitrogen and oxygen atoms in total. The number of furan rings is 2.